The molecule has 0 fully saturated rings. The molecule has 0 radical (unpaired) electrons. The van der Waals surface area contributed by atoms with E-state index in [9.17, 15) is 9.59 Å². The highest BCUT2D eigenvalue weighted by molar-refractivity contribution is 6.31. The summed E-state index contributed by atoms with van der Waals surface area (Å²) in [4.78, 5) is 33.1. The summed E-state index contributed by atoms with van der Waals surface area (Å²) in [5.74, 6) is 1.26. The Hall–Kier alpha value is -3.32. The maximum Gasteiger partial charge on any atom is 0.418 e. The van der Waals surface area contributed by atoms with Crippen LogP contribution >= 0.6 is 11.6 Å². The third-order valence-corrected chi connectivity index (χ3v) is 6.74. The van der Waals surface area contributed by atoms with Crippen molar-refractivity contribution in [3.05, 3.63) is 70.5 Å². The molecule has 0 aliphatic carbocycles. The lowest BCUT2D eigenvalue weighted by Gasteiger charge is -2.22. The number of unbranched alkanes of at least 4 members (excludes halogenated alkanes) is 1. The molecule has 4 rings (SSSR count). The summed E-state index contributed by atoms with van der Waals surface area (Å²) < 4.78 is 7.81. The Morgan fingerprint density at radius 2 is 1.89 bits per heavy atom. The molecule has 196 valence electrons. The summed E-state index contributed by atoms with van der Waals surface area (Å²) in [6, 6.07) is 14.6. The fourth-order valence-electron chi connectivity index (χ4n) is 4.40. The van der Waals surface area contributed by atoms with E-state index >= 15 is 0 Å². The molecule has 37 heavy (non-hydrogen) atoms. The van der Waals surface area contributed by atoms with Crippen LogP contribution in [0.5, 0.6) is 5.88 Å². The summed E-state index contributed by atoms with van der Waals surface area (Å²) in [6.07, 6.45) is 3.77. The number of benzene rings is 2. The molecule has 0 saturated heterocycles. The predicted molar refractivity (Wildman–Crippen MR) is 148 cm³/mol. The summed E-state index contributed by atoms with van der Waals surface area (Å²) >= 11 is 6.17. The Labute approximate surface area is 223 Å². The van der Waals surface area contributed by atoms with E-state index in [0.717, 1.165) is 37.9 Å². The molecule has 0 spiro atoms. The van der Waals surface area contributed by atoms with Gasteiger partial charge in [-0.3, -0.25) is 19.6 Å². The number of carbonyl (C=O) groups is 2. The van der Waals surface area contributed by atoms with Gasteiger partial charge < -0.3 is 4.74 Å². The number of nitrogens with one attached hydrogen (secondary N) is 1. The van der Waals surface area contributed by atoms with E-state index in [4.69, 9.17) is 21.3 Å². The van der Waals surface area contributed by atoms with Crippen molar-refractivity contribution < 1.29 is 14.3 Å². The zero-order valence-corrected chi connectivity index (χ0v) is 22.8. The van der Waals surface area contributed by atoms with Gasteiger partial charge in [-0.05, 0) is 60.6 Å². The van der Waals surface area contributed by atoms with Crippen LogP contribution in [0.4, 0.5) is 16.3 Å². The first kappa shape index (κ1) is 26.7. The Balaban J connectivity index is 1.64. The first-order chi connectivity index (χ1) is 17.7. The van der Waals surface area contributed by atoms with Crippen molar-refractivity contribution in [2.24, 2.45) is 0 Å². The van der Waals surface area contributed by atoms with Crippen LogP contribution in [0.1, 0.15) is 75.1 Å². The number of imidazole rings is 1. The number of halogens is 1. The minimum atomic E-state index is -0.622. The fourth-order valence-corrected chi connectivity index (χ4v) is 4.59. The highest BCUT2D eigenvalue weighted by Crippen LogP contribution is 2.34. The van der Waals surface area contributed by atoms with Crippen molar-refractivity contribution in [2.45, 2.75) is 71.8 Å². The van der Waals surface area contributed by atoms with Gasteiger partial charge >= 0.3 is 6.09 Å². The monoisotopic (exact) mass is 522 g/mol. The third kappa shape index (κ3) is 6.34. The number of rotatable bonds is 7. The highest BCUT2D eigenvalue weighted by atomic mass is 35.5. The topological polar surface area (TPSA) is 76.5 Å². The van der Waals surface area contributed by atoms with Gasteiger partial charge in [0.05, 0.1) is 0 Å². The number of amides is 2. The molecule has 3 aromatic rings. The van der Waals surface area contributed by atoms with Gasteiger partial charge in [-0.2, -0.15) is 0 Å². The lowest BCUT2D eigenvalue weighted by molar-refractivity contribution is 0.0984. The van der Waals surface area contributed by atoms with Crippen LogP contribution in [0.3, 0.4) is 0 Å². The van der Waals surface area contributed by atoms with Crippen LogP contribution in [0.25, 0.3) is 0 Å². The Morgan fingerprint density at radius 1 is 1.14 bits per heavy atom. The lowest BCUT2D eigenvalue weighted by Crippen LogP contribution is -2.33. The maximum absolute atomic E-state index is 13.6. The molecule has 0 bridgehead atoms. The highest BCUT2D eigenvalue weighted by Gasteiger charge is 2.30. The average molecular weight is 523 g/mol. The zero-order valence-electron chi connectivity index (χ0n) is 22.0. The molecular weight excluding hydrogens is 488 g/mol. The van der Waals surface area contributed by atoms with Crippen molar-refractivity contribution in [2.75, 3.05) is 16.8 Å². The number of ether oxygens (including phenoxy) is 1. The second-order valence-electron chi connectivity index (χ2n) is 10.4. The van der Waals surface area contributed by atoms with E-state index in [2.05, 4.69) is 33.0 Å². The van der Waals surface area contributed by atoms with Gasteiger partial charge in [-0.15, -0.1) is 0 Å². The third-order valence-electron chi connectivity index (χ3n) is 6.51. The molecule has 0 unspecified atom stereocenters. The quantitative estimate of drug-likeness (QED) is 0.355. The van der Waals surface area contributed by atoms with E-state index < -0.39 is 6.09 Å². The summed E-state index contributed by atoms with van der Waals surface area (Å²) in [6.45, 7) is 9.62. The lowest BCUT2D eigenvalue weighted by atomic mass is 9.87. The maximum atomic E-state index is 13.6. The summed E-state index contributed by atoms with van der Waals surface area (Å²) in [5, 5.41) is 3.31. The fraction of sp³-hybridized carbons (Fsp3) is 0.414. The molecule has 1 aromatic heterocycles. The molecule has 8 heteroatoms. The van der Waals surface area contributed by atoms with Gasteiger partial charge in [0.1, 0.15) is 5.82 Å². The zero-order chi connectivity index (χ0) is 26.6. The van der Waals surface area contributed by atoms with E-state index in [1.807, 2.05) is 28.8 Å². The van der Waals surface area contributed by atoms with E-state index in [-0.39, 0.29) is 11.3 Å². The molecule has 0 atom stereocenters. The number of anilines is 2. The van der Waals surface area contributed by atoms with E-state index in [0.29, 0.717) is 41.1 Å². The van der Waals surface area contributed by atoms with Crippen molar-refractivity contribution in [3.63, 3.8) is 0 Å². The van der Waals surface area contributed by atoms with Crippen LogP contribution < -0.4 is 15.0 Å². The molecule has 2 amide bonds. The summed E-state index contributed by atoms with van der Waals surface area (Å²) in [5.41, 5.74) is 2.28. The van der Waals surface area contributed by atoms with Gasteiger partial charge in [0, 0.05) is 35.8 Å². The van der Waals surface area contributed by atoms with Crippen LogP contribution in [-0.2, 0) is 18.4 Å². The molecule has 2 aromatic carbocycles. The normalized spacial score (nSPS) is 13.1. The number of aryl methyl sites for hydroxylation is 1. The number of carbonyl (C=O) groups excluding carboxylic acids is 2. The smallest absolute Gasteiger partial charge is 0.389 e. The second kappa shape index (κ2) is 11.4. The van der Waals surface area contributed by atoms with Crippen LogP contribution in [0.15, 0.2) is 48.5 Å². The molecule has 2 heterocycles. The average Bonchev–Trinajstić information content (AvgIpc) is 3.22. The van der Waals surface area contributed by atoms with Gasteiger partial charge in [0.25, 0.3) is 5.91 Å². The summed E-state index contributed by atoms with van der Waals surface area (Å²) in [7, 11) is 0. The first-order valence-corrected chi connectivity index (χ1v) is 13.3. The molecule has 7 nitrogen and oxygen atoms in total. The molecule has 1 aliphatic rings. The molecule has 0 saturated carbocycles. The minimum Gasteiger partial charge on any atom is -0.389 e. The standard InChI is InChI=1S/C29H35ClN4O3/c1-5-6-17-34(26(35)20-10-9-11-22(30)19-20)25-27(33-18-8-7-12-24(33)32-25)37-28(36)31-23-15-13-21(14-16-23)29(2,3)4/h9-11,13-16,19H,5-8,12,17-18H2,1-4H3,(H,31,36). The molecule has 1 N–H and O–H groups in total. The predicted octanol–water partition coefficient (Wildman–Crippen LogP) is 7.23. The Morgan fingerprint density at radius 3 is 2.57 bits per heavy atom. The van der Waals surface area contributed by atoms with Crippen molar-refractivity contribution in [3.8, 4) is 5.88 Å². The van der Waals surface area contributed by atoms with Crippen LogP contribution in [0, 0.1) is 0 Å². The number of hydrogen-bond acceptors (Lipinski definition) is 4. The van der Waals surface area contributed by atoms with Gasteiger partial charge in [0.15, 0.2) is 5.82 Å². The molecular formula is C29H35ClN4O3. The van der Waals surface area contributed by atoms with Gasteiger partial charge in [-0.25, -0.2) is 9.78 Å². The van der Waals surface area contributed by atoms with Crippen molar-refractivity contribution in [1.29, 1.82) is 0 Å². The minimum absolute atomic E-state index is 0.0159. The van der Waals surface area contributed by atoms with Gasteiger partial charge in [-0.1, -0.05) is 63.9 Å². The van der Waals surface area contributed by atoms with Crippen molar-refractivity contribution in [1.82, 2.24) is 9.55 Å². The number of fused-ring (bicyclic) bond motifs is 1. The number of aromatic nitrogens is 2. The molecule has 1 aliphatic heterocycles. The Bertz CT molecular complexity index is 1260. The SMILES string of the molecule is CCCCN(C(=O)c1cccc(Cl)c1)c1nc2n(c1OC(=O)Nc1ccc(C(C)(C)C)cc1)CCCC2. The van der Waals surface area contributed by atoms with Crippen LogP contribution in [-0.4, -0.2) is 28.1 Å². The number of hydrogen-bond donors (Lipinski definition) is 1. The second-order valence-corrected chi connectivity index (χ2v) is 10.9. The van der Waals surface area contributed by atoms with Crippen molar-refractivity contribution >= 4 is 35.1 Å². The van der Waals surface area contributed by atoms with E-state index in [1.54, 1.807) is 29.2 Å². The van der Waals surface area contributed by atoms with E-state index in [1.165, 1.54) is 5.56 Å². The first-order valence-electron chi connectivity index (χ1n) is 12.9. The number of nitrogens with zero attached hydrogens (tertiary/aromatic N) is 3. The van der Waals surface area contributed by atoms with Crippen LogP contribution in [0.2, 0.25) is 5.02 Å². The van der Waals surface area contributed by atoms with Gasteiger partial charge in [0.2, 0.25) is 5.88 Å². The largest absolute Gasteiger partial charge is 0.418 e. The Kier molecular flexibility index (Phi) is 8.22.